The fourth-order valence-electron chi connectivity index (χ4n) is 2.20. The molecule has 118 valence electrons. The van der Waals surface area contributed by atoms with Gasteiger partial charge in [-0.2, -0.15) is 0 Å². The average Bonchev–Trinajstić information content (AvgIpc) is 3.02. The van der Waals surface area contributed by atoms with Gasteiger partial charge >= 0.3 is 0 Å². The van der Waals surface area contributed by atoms with Gasteiger partial charge in [0.2, 0.25) is 0 Å². The Labute approximate surface area is 141 Å². The SMILES string of the molecule is Nc1c(Nc2cccnc2)ncnc1Nc1nc2ccccc2s1. The topological polar surface area (TPSA) is 102 Å². The highest BCUT2D eigenvalue weighted by Gasteiger charge is 2.11. The first kappa shape index (κ1) is 14.3. The average molecular weight is 335 g/mol. The molecule has 0 saturated carbocycles. The Hall–Kier alpha value is -3.26. The number of hydrogen-bond acceptors (Lipinski definition) is 8. The number of pyridine rings is 1. The van der Waals surface area contributed by atoms with Crippen molar-refractivity contribution in [2.45, 2.75) is 0 Å². The van der Waals surface area contributed by atoms with Gasteiger partial charge < -0.3 is 16.4 Å². The van der Waals surface area contributed by atoms with Gasteiger partial charge in [0.1, 0.15) is 12.0 Å². The molecule has 4 aromatic rings. The van der Waals surface area contributed by atoms with Crippen molar-refractivity contribution in [2.75, 3.05) is 16.4 Å². The molecule has 0 atom stereocenters. The van der Waals surface area contributed by atoms with Crippen molar-refractivity contribution < 1.29 is 0 Å². The number of aromatic nitrogens is 4. The van der Waals surface area contributed by atoms with E-state index in [0.29, 0.717) is 17.3 Å². The van der Waals surface area contributed by atoms with Crippen molar-refractivity contribution in [1.82, 2.24) is 19.9 Å². The number of nitrogen functional groups attached to an aromatic ring is 1. The Kier molecular flexibility index (Phi) is 3.64. The molecule has 7 nitrogen and oxygen atoms in total. The van der Waals surface area contributed by atoms with Gasteiger partial charge in [0, 0.05) is 6.20 Å². The number of nitrogens with two attached hydrogens (primary N) is 1. The van der Waals surface area contributed by atoms with E-state index in [1.54, 1.807) is 23.7 Å². The molecule has 0 unspecified atom stereocenters. The maximum Gasteiger partial charge on any atom is 0.189 e. The second-order valence-corrected chi connectivity index (χ2v) is 5.99. The number of anilines is 5. The molecule has 8 heteroatoms. The first-order valence-corrected chi connectivity index (χ1v) is 8.01. The molecule has 3 heterocycles. The number of thiazole rings is 1. The van der Waals surface area contributed by atoms with Crippen LogP contribution in [0.1, 0.15) is 0 Å². The van der Waals surface area contributed by atoms with Crippen LogP contribution in [-0.2, 0) is 0 Å². The molecule has 0 bridgehead atoms. The number of nitrogens with one attached hydrogen (secondary N) is 2. The van der Waals surface area contributed by atoms with E-state index in [4.69, 9.17) is 5.73 Å². The maximum atomic E-state index is 6.18. The summed E-state index contributed by atoms with van der Waals surface area (Å²) in [5.74, 6) is 1.03. The quantitative estimate of drug-likeness (QED) is 0.524. The van der Waals surface area contributed by atoms with Gasteiger partial charge in [0.25, 0.3) is 0 Å². The summed E-state index contributed by atoms with van der Waals surface area (Å²) in [6, 6.07) is 11.7. The van der Waals surface area contributed by atoms with E-state index in [2.05, 4.69) is 30.6 Å². The van der Waals surface area contributed by atoms with E-state index in [-0.39, 0.29) is 0 Å². The monoisotopic (exact) mass is 335 g/mol. The fourth-order valence-corrected chi connectivity index (χ4v) is 3.06. The number of nitrogens with zero attached hydrogens (tertiary/aromatic N) is 4. The summed E-state index contributed by atoms with van der Waals surface area (Å²) < 4.78 is 1.10. The Morgan fingerprint density at radius 1 is 0.958 bits per heavy atom. The summed E-state index contributed by atoms with van der Waals surface area (Å²) in [7, 11) is 0. The van der Waals surface area contributed by atoms with Gasteiger partial charge in [-0.3, -0.25) is 4.98 Å². The van der Waals surface area contributed by atoms with Crippen molar-refractivity contribution in [3.05, 3.63) is 55.1 Å². The van der Waals surface area contributed by atoms with Crippen molar-refractivity contribution in [3.8, 4) is 0 Å². The van der Waals surface area contributed by atoms with Crippen LogP contribution in [0, 0.1) is 0 Å². The van der Waals surface area contributed by atoms with Crippen LogP contribution >= 0.6 is 11.3 Å². The first-order chi connectivity index (χ1) is 11.8. The van der Waals surface area contributed by atoms with Crippen LogP contribution in [0.5, 0.6) is 0 Å². The lowest BCUT2D eigenvalue weighted by atomic mass is 10.3. The molecule has 1 aromatic carbocycles. The summed E-state index contributed by atoms with van der Waals surface area (Å²) in [6.45, 7) is 0. The molecule has 4 rings (SSSR count). The summed E-state index contributed by atoms with van der Waals surface area (Å²) in [5, 5.41) is 7.02. The van der Waals surface area contributed by atoms with Gasteiger partial charge in [-0.25, -0.2) is 15.0 Å². The normalized spacial score (nSPS) is 10.7. The minimum atomic E-state index is 0.417. The molecule has 0 aliphatic heterocycles. The van der Waals surface area contributed by atoms with E-state index in [1.807, 2.05) is 36.4 Å². The molecule has 0 aliphatic carbocycles. The molecule has 0 aliphatic rings. The number of fused-ring (bicyclic) bond motifs is 1. The Morgan fingerprint density at radius 3 is 2.58 bits per heavy atom. The second kappa shape index (κ2) is 6.09. The molecule has 0 radical (unpaired) electrons. The summed E-state index contributed by atoms with van der Waals surface area (Å²) in [5.41, 5.74) is 8.33. The molecule has 3 aromatic heterocycles. The van der Waals surface area contributed by atoms with Gasteiger partial charge in [0.05, 0.1) is 22.1 Å². The number of rotatable bonds is 4. The zero-order chi connectivity index (χ0) is 16.4. The Balaban J connectivity index is 1.62. The minimum Gasteiger partial charge on any atom is -0.393 e. The lowest BCUT2D eigenvalue weighted by Gasteiger charge is -2.10. The predicted octanol–water partition coefficient (Wildman–Crippen LogP) is 3.55. The third-order valence-corrected chi connectivity index (χ3v) is 4.28. The Bertz CT molecular complexity index is 951. The van der Waals surface area contributed by atoms with Crippen molar-refractivity contribution in [2.24, 2.45) is 0 Å². The maximum absolute atomic E-state index is 6.18. The number of benzene rings is 1. The molecule has 0 fully saturated rings. The van der Waals surface area contributed by atoms with Crippen LogP contribution in [0.4, 0.5) is 28.1 Å². The van der Waals surface area contributed by atoms with Gasteiger partial charge in [-0.15, -0.1) is 0 Å². The molecule has 0 saturated heterocycles. The lowest BCUT2D eigenvalue weighted by molar-refractivity contribution is 1.17. The smallest absolute Gasteiger partial charge is 0.189 e. The van der Waals surface area contributed by atoms with E-state index in [9.17, 15) is 0 Å². The molecule has 24 heavy (non-hydrogen) atoms. The lowest BCUT2D eigenvalue weighted by Crippen LogP contribution is -2.05. The van der Waals surface area contributed by atoms with Crippen LogP contribution < -0.4 is 16.4 Å². The van der Waals surface area contributed by atoms with E-state index >= 15 is 0 Å². The van der Waals surface area contributed by atoms with Crippen LogP contribution in [0.15, 0.2) is 55.1 Å². The molecular weight excluding hydrogens is 322 g/mol. The molecule has 0 amide bonds. The van der Waals surface area contributed by atoms with Crippen LogP contribution in [-0.4, -0.2) is 19.9 Å². The van der Waals surface area contributed by atoms with Crippen LogP contribution in [0.2, 0.25) is 0 Å². The predicted molar refractivity (Wildman–Crippen MR) is 96.9 cm³/mol. The zero-order valence-electron chi connectivity index (χ0n) is 12.5. The number of para-hydroxylation sites is 1. The number of hydrogen-bond donors (Lipinski definition) is 3. The third kappa shape index (κ3) is 2.82. The van der Waals surface area contributed by atoms with Crippen molar-refractivity contribution >= 4 is 49.7 Å². The molecule has 4 N–H and O–H groups in total. The third-order valence-electron chi connectivity index (χ3n) is 3.33. The molecular formula is C16H13N7S. The highest BCUT2D eigenvalue weighted by Crippen LogP contribution is 2.31. The van der Waals surface area contributed by atoms with E-state index in [0.717, 1.165) is 21.0 Å². The van der Waals surface area contributed by atoms with Crippen molar-refractivity contribution in [1.29, 1.82) is 0 Å². The molecule has 0 spiro atoms. The highest BCUT2D eigenvalue weighted by atomic mass is 32.1. The van der Waals surface area contributed by atoms with Gasteiger partial charge in [0.15, 0.2) is 16.8 Å². The summed E-state index contributed by atoms with van der Waals surface area (Å²) in [4.78, 5) is 17.0. The Morgan fingerprint density at radius 2 is 1.79 bits per heavy atom. The van der Waals surface area contributed by atoms with Crippen LogP contribution in [0.25, 0.3) is 10.2 Å². The van der Waals surface area contributed by atoms with Gasteiger partial charge in [-0.1, -0.05) is 23.5 Å². The summed E-state index contributed by atoms with van der Waals surface area (Å²) in [6.07, 6.45) is 4.85. The van der Waals surface area contributed by atoms with Gasteiger partial charge in [-0.05, 0) is 24.3 Å². The highest BCUT2D eigenvalue weighted by molar-refractivity contribution is 7.22. The first-order valence-electron chi connectivity index (χ1n) is 7.20. The standard InChI is InChI=1S/C16H13N7S/c17-13-14(21-10-4-3-7-18-8-10)19-9-20-15(13)23-16-22-11-5-1-2-6-12(11)24-16/h1-9H,17H2,(H2,19,20,21,22,23). The van der Waals surface area contributed by atoms with E-state index in [1.165, 1.54) is 6.33 Å². The summed E-state index contributed by atoms with van der Waals surface area (Å²) >= 11 is 1.54. The minimum absolute atomic E-state index is 0.417. The fraction of sp³-hybridized carbons (Fsp3) is 0. The second-order valence-electron chi connectivity index (χ2n) is 4.96. The van der Waals surface area contributed by atoms with E-state index < -0.39 is 0 Å². The van der Waals surface area contributed by atoms with Crippen LogP contribution in [0.3, 0.4) is 0 Å². The zero-order valence-corrected chi connectivity index (χ0v) is 13.3. The van der Waals surface area contributed by atoms with Crippen molar-refractivity contribution in [3.63, 3.8) is 0 Å². The largest absolute Gasteiger partial charge is 0.393 e.